The maximum atomic E-state index is 12.3. The van der Waals surface area contributed by atoms with Gasteiger partial charge in [0.2, 0.25) is 0 Å². The first kappa shape index (κ1) is 21.5. The average Bonchev–Trinajstić information content (AvgIpc) is 3.24. The Hall–Kier alpha value is -3.71. The predicted octanol–water partition coefficient (Wildman–Crippen LogP) is 4.79. The molecule has 1 aromatic heterocycles. The lowest BCUT2D eigenvalue weighted by Gasteiger charge is -2.10. The highest BCUT2D eigenvalue weighted by Crippen LogP contribution is 2.28. The number of hydrogen-bond acceptors (Lipinski definition) is 5. The van der Waals surface area contributed by atoms with E-state index in [9.17, 15) is 4.79 Å². The van der Waals surface area contributed by atoms with Crippen molar-refractivity contribution in [3.05, 3.63) is 95.6 Å². The zero-order chi connectivity index (χ0) is 22.3. The van der Waals surface area contributed by atoms with E-state index in [0.29, 0.717) is 5.16 Å². The van der Waals surface area contributed by atoms with Gasteiger partial charge in [0.05, 0.1) is 12.0 Å². The predicted molar refractivity (Wildman–Crippen MR) is 129 cm³/mol. The van der Waals surface area contributed by atoms with Gasteiger partial charge in [-0.15, -0.1) is 10.2 Å². The van der Waals surface area contributed by atoms with Crippen molar-refractivity contribution in [3.63, 3.8) is 0 Å². The molecule has 0 aliphatic carbocycles. The first-order valence-corrected chi connectivity index (χ1v) is 11.2. The van der Waals surface area contributed by atoms with Gasteiger partial charge in [-0.25, -0.2) is 5.43 Å². The third-order valence-electron chi connectivity index (χ3n) is 4.77. The molecule has 1 N–H and O–H groups in total. The van der Waals surface area contributed by atoms with Crippen LogP contribution >= 0.6 is 11.8 Å². The zero-order valence-electron chi connectivity index (χ0n) is 17.9. The molecule has 6 nitrogen and oxygen atoms in total. The smallest absolute Gasteiger partial charge is 0.250 e. The van der Waals surface area contributed by atoms with Crippen LogP contribution < -0.4 is 5.43 Å². The molecule has 0 aliphatic rings. The largest absolute Gasteiger partial charge is 0.272 e. The van der Waals surface area contributed by atoms with E-state index in [-0.39, 0.29) is 11.7 Å². The number of carbonyl (C=O) groups excluding carboxylic acids is 1. The van der Waals surface area contributed by atoms with Crippen LogP contribution in [0.4, 0.5) is 0 Å². The molecule has 0 bridgehead atoms. The Morgan fingerprint density at radius 3 is 2.28 bits per heavy atom. The molecule has 32 heavy (non-hydrogen) atoms. The number of nitrogens with one attached hydrogen (secondary N) is 1. The molecule has 0 saturated carbocycles. The maximum absolute atomic E-state index is 12.3. The van der Waals surface area contributed by atoms with Crippen LogP contribution in [0.25, 0.3) is 17.1 Å². The van der Waals surface area contributed by atoms with Crippen molar-refractivity contribution < 1.29 is 4.79 Å². The normalized spacial score (nSPS) is 11.1. The van der Waals surface area contributed by atoms with Crippen molar-refractivity contribution in [1.82, 2.24) is 20.2 Å². The molecular formula is C25H23N5OS. The van der Waals surface area contributed by atoms with Crippen LogP contribution in [0.1, 0.15) is 16.7 Å². The number of rotatable bonds is 7. The van der Waals surface area contributed by atoms with E-state index in [1.807, 2.05) is 97.3 Å². The lowest BCUT2D eigenvalue weighted by molar-refractivity contribution is -0.118. The second-order valence-corrected chi connectivity index (χ2v) is 8.28. The van der Waals surface area contributed by atoms with E-state index in [4.69, 9.17) is 0 Å². The number of thioether (sulfide) groups is 1. The van der Waals surface area contributed by atoms with Crippen LogP contribution in [0.3, 0.4) is 0 Å². The van der Waals surface area contributed by atoms with Crippen LogP contribution in [0.15, 0.2) is 89.1 Å². The van der Waals surface area contributed by atoms with E-state index in [0.717, 1.165) is 22.6 Å². The Bertz CT molecular complexity index is 1220. The van der Waals surface area contributed by atoms with Crippen LogP contribution in [0.5, 0.6) is 0 Å². The molecule has 0 unspecified atom stereocenters. The summed E-state index contributed by atoms with van der Waals surface area (Å²) >= 11 is 1.32. The molecule has 1 amide bonds. The average molecular weight is 442 g/mol. The van der Waals surface area contributed by atoms with Crippen molar-refractivity contribution in [2.75, 3.05) is 5.75 Å². The summed E-state index contributed by atoms with van der Waals surface area (Å²) in [6.45, 7) is 4.07. The maximum Gasteiger partial charge on any atom is 0.250 e. The van der Waals surface area contributed by atoms with E-state index < -0.39 is 0 Å². The first-order valence-electron chi connectivity index (χ1n) is 10.2. The lowest BCUT2D eigenvalue weighted by atomic mass is 10.2. The second-order valence-electron chi connectivity index (χ2n) is 7.34. The van der Waals surface area contributed by atoms with Gasteiger partial charge in [0.15, 0.2) is 11.0 Å². The number of nitrogens with zero attached hydrogens (tertiary/aromatic N) is 4. The Kier molecular flexibility index (Phi) is 6.77. The fraction of sp³-hybridized carbons (Fsp3) is 0.120. The van der Waals surface area contributed by atoms with Crippen molar-refractivity contribution in [3.8, 4) is 17.1 Å². The van der Waals surface area contributed by atoms with Gasteiger partial charge >= 0.3 is 0 Å². The minimum Gasteiger partial charge on any atom is -0.272 e. The number of benzene rings is 3. The minimum absolute atomic E-state index is 0.171. The summed E-state index contributed by atoms with van der Waals surface area (Å²) in [6.07, 6.45) is 1.63. The molecule has 160 valence electrons. The number of amides is 1. The number of hydrazone groups is 1. The van der Waals surface area contributed by atoms with Gasteiger partial charge in [0, 0.05) is 11.3 Å². The topological polar surface area (TPSA) is 72.2 Å². The van der Waals surface area contributed by atoms with Gasteiger partial charge < -0.3 is 0 Å². The summed E-state index contributed by atoms with van der Waals surface area (Å²) < 4.78 is 1.97. The zero-order valence-corrected chi connectivity index (χ0v) is 18.7. The van der Waals surface area contributed by atoms with Crippen molar-refractivity contribution in [2.45, 2.75) is 19.0 Å². The van der Waals surface area contributed by atoms with Crippen LogP contribution in [-0.4, -0.2) is 32.6 Å². The highest BCUT2D eigenvalue weighted by atomic mass is 32.2. The number of aromatic nitrogens is 3. The standard InChI is InChI=1S/C25H23N5OS/c1-18-8-12-20(13-9-18)16-26-27-23(31)17-32-25-29-28-24(21-6-4-3-5-7-21)30(25)22-14-10-19(2)11-15-22/h3-16H,17H2,1-2H3,(H,27,31)/b26-16+. The molecule has 0 saturated heterocycles. The third kappa shape index (κ3) is 5.31. The molecule has 7 heteroatoms. The van der Waals surface area contributed by atoms with Gasteiger partial charge in [0.25, 0.3) is 5.91 Å². The quantitative estimate of drug-likeness (QED) is 0.254. The second kappa shape index (κ2) is 10.1. The van der Waals surface area contributed by atoms with Gasteiger partial charge in [0.1, 0.15) is 0 Å². The van der Waals surface area contributed by atoms with Crippen molar-refractivity contribution in [1.29, 1.82) is 0 Å². The lowest BCUT2D eigenvalue weighted by Crippen LogP contribution is -2.20. The van der Waals surface area contributed by atoms with Crippen LogP contribution in [0, 0.1) is 13.8 Å². The summed E-state index contributed by atoms with van der Waals surface area (Å²) in [5.74, 6) is 0.692. The van der Waals surface area contributed by atoms with E-state index in [1.54, 1.807) is 6.21 Å². The van der Waals surface area contributed by atoms with Gasteiger partial charge in [-0.05, 0) is 31.5 Å². The molecule has 4 rings (SSSR count). The van der Waals surface area contributed by atoms with Crippen LogP contribution in [0.2, 0.25) is 0 Å². The molecule has 3 aromatic carbocycles. The molecule has 4 aromatic rings. The molecule has 0 aliphatic heterocycles. The number of carbonyl (C=O) groups is 1. The van der Waals surface area contributed by atoms with Gasteiger partial charge in [-0.3, -0.25) is 9.36 Å². The molecular weight excluding hydrogens is 418 g/mol. The molecule has 1 heterocycles. The van der Waals surface area contributed by atoms with E-state index >= 15 is 0 Å². The van der Waals surface area contributed by atoms with E-state index in [2.05, 4.69) is 20.7 Å². The molecule has 0 spiro atoms. The summed E-state index contributed by atoms with van der Waals surface area (Å²) in [5, 5.41) is 13.4. The minimum atomic E-state index is -0.210. The monoisotopic (exact) mass is 441 g/mol. The molecule has 0 atom stereocenters. The summed E-state index contributed by atoms with van der Waals surface area (Å²) in [6, 6.07) is 26.0. The van der Waals surface area contributed by atoms with Crippen molar-refractivity contribution in [2.24, 2.45) is 5.10 Å². The first-order chi connectivity index (χ1) is 15.6. The molecule has 0 fully saturated rings. The van der Waals surface area contributed by atoms with Crippen molar-refractivity contribution >= 4 is 23.9 Å². The summed E-state index contributed by atoms with van der Waals surface area (Å²) in [7, 11) is 0. The van der Waals surface area contributed by atoms with E-state index in [1.165, 1.54) is 22.9 Å². The Balaban J connectivity index is 1.49. The summed E-state index contributed by atoms with van der Waals surface area (Å²) in [4.78, 5) is 12.3. The highest BCUT2D eigenvalue weighted by Gasteiger charge is 2.17. The number of hydrogen-bond donors (Lipinski definition) is 1. The molecule has 0 radical (unpaired) electrons. The fourth-order valence-electron chi connectivity index (χ4n) is 3.06. The Morgan fingerprint density at radius 2 is 1.59 bits per heavy atom. The van der Waals surface area contributed by atoms with Crippen LogP contribution in [-0.2, 0) is 4.79 Å². The number of aryl methyl sites for hydroxylation is 2. The third-order valence-corrected chi connectivity index (χ3v) is 5.70. The fourth-order valence-corrected chi connectivity index (χ4v) is 3.80. The van der Waals surface area contributed by atoms with Gasteiger partial charge in [-0.2, -0.15) is 5.10 Å². The highest BCUT2D eigenvalue weighted by molar-refractivity contribution is 7.99. The summed E-state index contributed by atoms with van der Waals surface area (Å²) in [5.41, 5.74) is 7.75. The Labute approximate surface area is 191 Å². The SMILES string of the molecule is Cc1ccc(/C=N/NC(=O)CSc2nnc(-c3ccccc3)n2-c2ccc(C)cc2)cc1. The van der Waals surface area contributed by atoms with Gasteiger partial charge in [-0.1, -0.05) is 89.6 Å². The Morgan fingerprint density at radius 1 is 0.938 bits per heavy atom.